The first-order valence-corrected chi connectivity index (χ1v) is 7.44. The molecule has 4 N–H and O–H groups in total. The third kappa shape index (κ3) is 5.15. The summed E-state index contributed by atoms with van der Waals surface area (Å²) in [5.41, 5.74) is 6.72. The molecule has 21 heavy (non-hydrogen) atoms. The molecule has 0 spiro atoms. The molecule has 0 aromatic heterocycles. The molecule has 1 aromatic carbocycles. The van der Waals surface area contributed by atoms with Crippen LogP contribution in [-0.2, 0) is 4.79 Å². The molecule has 2 rings (SSSR count). The van der Waals surface area contributed by atoms with Crippen molar-refractivity contribution in [1.29, 1.82) is 0 Å². The minimum atomic E-state index is -0.185. The Kier molecular flexibility index (Phi) is 5.27. The fourth-order valence-electron chi connectivity index (χ4n) is 1.89. The van der Waals surface area contributed by atoms with Gasteiger partial charge in [-0.25, -0.2) is 0 Å². The van der Waals surface area contributed by atoms with E-state index in [1.807, 2.05) is 0 Å². The first kappa shape index (κ1) is 15.4. The van der Waals surface area contributed by atoms with Crippen molar-refractivity contribution in [2.75, 3.05) is 6.54 Å². The zero-order valence-corrected chi connectivity index (χ0v) is 12.5. The van der Waals surface area contributed by atoms with E-state index in [0.29, 0.717) is 36.6 Å². The highest BCUT2D eigenvalue weighted by Gasteiger charge is 2.22. The van der Waals surface area contributed by atoms with Gasteiger partial charge in [0.2, 0.25) is 5.91 Å². The summed E-state index contributed by atoms with van der Waals surface area (Å²) in [4.78, 5) is 23.7. The first-order chi connectivity index (χ1) is 10.1. The van der Waals surface area contributed by atoms with Crippen molar-refractivity contribution in [1.82, 2.24) is 10.6 Å². The lowest BCUT2D eigenvalue weighted by molar-refractivity contribution is -0.121. The van der Waals surface area contributed by atoms with Crippen molar-refractivity contribution in [3.8, 4) is 0 Å². The van der Waals surface area contributed by atoms with Gasteiger partial charge in [-0.3, -0.25) is 9.59 Å². The smallest absolute Gasteiger partial charge is 0.251 e. The van der Waals surface area contributed by atoms with Gasteiger partial charge >= 0.3 is 0 Å². The van der Waals surface area contributed by atoms with Crippen LogP contribution >= 0.6 is 12.2 Å². The minimum Gasteiger partial charge on any atom is -0.389 e. The van der Waals surface area contributed by atoms with Gasteiger partial charge in [0.15, 0.2) is 0 Å². The largest absolute Gasteiger partial charge is 0.389 e. The van der Waals surface area contributed by atoms with Crippen LogP contribution in [0.4, 0.5) is 0 Å². The molecule has 1 aromatic rings. The number of nitrogens with one attached hydrogen (secondary N) is 2. The quantitative estimate of drug-likeness (QED) is 0.520. The number of carbonyl (C=O) groups is 2. The molecular weight excluding hydrogens is 286 g/mol. The molecule has 1 aliphatic carbocycles. The summed E-state index contributed by atoms with van der Waals surface area (Å²) < 4.78 is 0. The zero-order valence-electron chi connectivity index (χ0n) is 11.7. The van der Waals surface area contributed by atoms with Crippen LogP contribution in [0.15, 0.2) is 24.3 Å². The van der Waals surface area contributed by atoms with Crippen LogP contribution < -0.4 is 16.4 Å². The van der Waals surface area contributed by atoms with E-state index in [4.69, 9.17) is 18.0 Å². The van der Waals surface area contributed by atoms with Crippen molar-refractivity contribution in [2.24, 2.45) is 5.73 Å². The topological polar surface area (TPSA) is 84.2 Å². The third-order valence-electron chi connectivity index (χ3n) is 3.22. The number of amides is 2. The fourth-order valence-corrected chi connectivity index (χ4v) is 2.02. The van der Waals surface area contributed by atoms with Gasteiger partial charge in [-0.15, -0.1) is 0 Å². The lowest BCUT2D eigenvalue weighted by Gasteiger charge is -2.07. The van der Waals surface area contributed by atoms with E-state index in [0.717, 1.165) is 12.8 Å². The van der Waals surface area contributed by atoms with Crippen LogP contribution in [0.1, 0.15) is 41.6 Å². The van der Waals surface area contributed by atoms with E-state index in [2.05, 4.69) is 10.6 Å². The summed E-state index contributed by atoms with van der Waals surface area (Å²) in [6.45, 7) is 0.466. The maximum atomic E-state index is 12.0. The Bertz CT molecular complexity index is 556. The number of hydrogen-bond acceptors (Lipinski definition) is 3. The van der Waals surface area contributed by atoms with Crippen LogP contribution in [0.2, 0.25) is 0 Å². The minimum absolute atomic E-state index is 0.0576. The van der Waals surface area contributed by atoms with Gasteiger partial charge in [-0.1, -0.05) is 24.4 Å². The highest BCUT2D eigenvalue weighted by molar-refractivity contribution is 7.80. The first-order valence-electron chi connectivity index (χ1n) is 7.03. The van der Waals surface area contributed by atoms with Gasteiger partial charge in [0, 0.05) is 30.1 Å². The van der Waals surface area contributed by atoms with Crippen molar-refractivity contribution >= 4 is 29.0 Å². The summed E-state index contributed by atoms with van der Waals surface area (Å²) in [7, 11) is 0. The standard InChI is InChI=1S/C15H19N3O2S/c16-14(21)10-3-1-4-11(9-10)15(20)17-8-2-5-13(19)18-12-6-7-12/h1,3-4,9,12H,2,5-8H2,(H2,16,21)(H,17,20)(H,18,19). The van der Waals surface area contributed by atoms with Gasteiger partial charge in [0.05, 0.1) is 0 Å². The number of thiocarbonyl (C=S) groups is 1. The number of carbonyl (C=O) groups excluding carboxylic acids is 2. The van der Waals surface area contributed by atoms with Crippen LogP contribution in [-0.4, -0.2) is 29.4 Å². The highest BCUT2D eigenvalue weighted by atomic mass is 32.1. The Morgan fingerprint density at radius 3 is 2.67 bits per heavy atom. The summed E-state index contributed by atoms with van der Waals surface area (Å²) in [6, 6.07) is 7.26. The highest BCUT2D eigenvalue weighted by Crippen LogP contribution is 2.18. The van der Waals surface area contributed by atoms with Crippen molar-refractivity contribution < 1.29 is 9.59 Å². The second-order valence-corrected chi connectivity index (χ2v) is 5.59. The van der Waals surface area contributed by atoms with E-state index in [-0.39, 0.29) is 16.8 Å². The number of benzene rings is 1. The Labute approximate surface area is 129 Å². The maximum absolute atomic E-state index is 12.0. The summed E-state index contributed by atoms with van der Waals surface area (Å²) in [5.74, 6) is -0.127. The SMILES string of the molecule is NC(=S)c1cccc(C(=O)NCCCC(=O)NC2CC2)c1. The average Bonchev–Trinajstić information content (AvgIpc) is 3.27. The summed E-state index contributed by atoms with van der Waals surface area (Å²) >= 11 is 4.88. The van der Waals surface area contributed by atoms with E-state index in [1.165, 1.54) is 0 Å². The Morgan fingerprint density at radius 2 is 2.00 bits per heavy atom. The molecule has 0 unspecified atom stereocenters. The predicted octanol–water partition coefficient (Wildman–Crippen LogP) is 1.11. The number of nitrogens with two attached hydrogens (primary N) is 1. The van der Waals surface area contributed by atoms with Gasteiger partial charge in [0.25, 0.3) is 5.91 Å². The Balaban J connectivity index is 1.72. The van der Waals surface area contributed by atoms with Gasteiger partial charge < -0.3 is 16.4 Å². The molecule has 5 nitrogen and oxygen atoms in total. The molecular formula is C15H19N3O2S. The second-order valence-electron chi connectivity index (χ2n) is 5.15. The van der Waals surface area contributed by atoms with E-state index in [1.54, 1.807) is 24.3 Å². The van der Waals surface area contributed by atoms with Crippen LogP contribution in [0.25, 0.3) is 0 Å². The molecule has 0 saturated heterocycles. The lowest BCUT2D eigenvalue weighted by atomic mass is 10.1. The molecule has 2 amide bonds. The molecule has 0 heterocycles. The molecule has 0 atom stereocenters. The van der Waals surface area contributed by atoms with E-state index in [9.17, 15) is 9.59 Å². The van der Waals surface area contributed by atoms with Crippen LogP contribution in [0.3, 0.4) is 0 Å². The van der Waals surface area contributed by atoms with Gasteiger partial charge in [-0.05, 0) is 31.4 Å². The van der Waals surface area contributed by atoms with Crippen LogP contribution in [0.5, 0.6) is 0 Å². The summed E-state index contributed by atoms with van der Waals surface area (Å²) in [6.07, 6.45) is 3.23. The van der Waals surface area contributed by atoms with Crippen LogP contribution in [0, 0.1) is 0 Å². The molecule has 1 saturated carbocycles. The predicted molar refractivity (Wildman–Crippen MR) is 85.1 cm³/mol. The van der Waals surface area contributed by atoms with E-state index < -0.39 is 0 Å². The normalized spacial score (nSPS) is 13.5. The van der Waals surface area contributed by atoms with Crippen molar-refractivity contribution in [3.63, 3.8) is 0 Å². The number of hydrogen-bond donors (Lipinski definition) is 3. The molecule has 0 aliphatic heterocycles. The fraction of sp³-hybridized carbons (Fsp3) is 0.400. The second kappa shape index (κ2) is 7.17. The van der Waals surface area contributed by atoms with Crippen molar-refractivity contribution in [3.05, 3.63) is 35.4 Å². The molecule has 0 bridgehead atoms. The molecule has 1 aliphatic rings. The molecule has 1 fully saturated rings. The summed E-state index contributed by atoms with van der Waals surface area (Å²) in [5, 5.41) is 5.70. The Hall–Kier alpha value is -1.95. The molecule has 0 radical (unpaired) electrons. The third-order valence-corrected chi connectivity index (χ3v) is 3.45. The Morgan fingerprint density at radius 1 is 1.29 bits per heavy atom. The number of rotatable bonds is 7. The zero-order chi connectivity index (χ0) is 15.2. The van der Waals surface area contributed by atoms with E-state index >= 15 is 0 Å². The van der Waals surface area contributed by atoms with Gasteiger partial charge in [0.1, 0.15) is 4.99 Å². The monoisotopic (exact) mass is 305 g/mol. The maximum Gasteiger partial charge on any atom is 0.251 e. The lowest BCUT2D eigenvalue weighted by Crippen LogP contribution is -2.28. The van der Waals surface area contributed by atoms with Crippen molar-refractivity contribution in [2.45, 2.75) is 31.7 Å². The molecule has 6 heteroatoms. The molecule has 112 valence electrons. The average molecular weight is 305 g/mol. The van der Waals surface area contributed by atoms with Gasteiger partial charge in [-0.2, -0.15) is 0 Å².